The van der Waals surface area contributed by atoms with Gasteiger partial charge in [-0.25, -0.2) is 0 Å². The molecule has 0 radical (unpaired) electrons. The summed E-state index contributed by atoms with van der Waals surface area (Å²) in [5, 5.41) is 17.9. The minimum Gasteiger partial charge on any atom is -0.358 e. The molecular formula is C8H8ClN5O3. The van der Waals surface area contributed by atoms with Crippen LogP contribution in [0.3, 0.4) is 0 Å². The first-order valence-corrected chi connectivity index (χ1v) is 5.16. The summed E-state index contributed by atoms with van der Waals surface area (Å²) in [7, 11) is 0. The van der Waals surface area contributed by atoms with E-state index in [-0.39, 0.29) is 17.4 Å². The first kappa shape index (κ1) is 11.5. The van der Waals surface area contributed by atoms with Gasteiger partial charge in [0.2, 0.25) is 5.89 Å². The predicted octanol–water partition coefficient (Wildman–Crippen LogP) is 1.44. The van der Waals surface area contributed by atoms with Crippen LogP contribution < -0.4 is 0 Å². The normalized spacial score (nSPS) is 10.7. The molecule has 2 aromatic rings. The van der Waals surface area contributed by atoms with Gasteiger partial charge < -0.3 is 14.6 Å². The molecule has 0 atom stereocenters. The lowest BCUT2D eigenvalue weighted by molar-refractivity contribution is -0.389. The number of halogens is 1. The Morgan fingerprint density at radius 2 is 2.41 bits per heavy atom. The molecule has 0 N–H and O–H groups in total. The van der Waals surface area contributed by atoms with Crippen molar-refractivity contribution in [2.75, 3.05) is 0 Å². The van der Waals surface area contributed by atoms with E-state index in [9.17, 15) is 10.1 Å². The van der Waals surface area contributed by atoms with E-state index < -0.39 is 4.92 Å². The molecule has 2 rings (SSSR count). The number of aromatic nitrogens is 4. The van der Waals surface area contributed by atoms with Crippen molar-refractivity contribution in [3.05, 3.63) is 33.0 Å². The quantitative estimate of drug-likeness (QED) is 0.607. The van der Waals surface area contributed by atoms with E-state index in [4.69, 9.17) is 16.1 Å². The molecule has 9 heteroatoms. The van der Waals surface area contributed by atoms with E-state index in [1.807, 2.05) is 6.92 Å². The summed E-state index contributed by atoms with van der Waals surface area (Å²) in [4.78, 5) is 13.9. The number of aryl methyl sites for hydroxylation is 1. The fourth-order valence-electron chi connectivity index (χ4n) is 1.23. The Morgan fingerprint density at radius 3 is 2.94 bits per heavy atom. The maximum absolute atomic E-state index is 10.5. The van der Waals surface area contributed by atoms with Crippen molar-refractivity contribution < 1.29 is 9.45 Å². The number of nitro groups is 1. The summed E-state index contributed by atoms with van der Waals surface area (Å²) in [5.41, 5.74) is 0. The van der Waals surface area contributed by atoms with Crippen LogP contribution in [0.2, 0.25) is 5.02 Å². The number of hydrogen-bond donors (Lipinski definition) is 0. The first-order chi connectivity index (χ1) is 8.10. The van der Waals surface area contributed by atoms with Gasteiger partial charge >= 0.3 is 5.82 Å². The van der Waals surface area contributed by atoms with Gasteiger partial charge in [0.1, 0.15) is 6.54 Å². The molecule has 2 aromatic heterocycles. The van der Waals surface area contributed by atoms with Crippen LogP contribution in [0.4, 0.5) is 5.82 Å². The molecular weight excluding hydrogens is 250 g/mol. The molecule has 90 valence electrons. The van der Waals surface area contributed by atoms with Crippen LogP contribution in [-0.2, 0) is 13.0 Å². The van der Waals surface area contributed by atoms with Crippen LogP contribution in [0, 0.1) is 10.1 Å². The second-order valence-corrected chi connectivity index (χ2v) is 3.62. The van der Waals surface area contributed by atoms with E-state index in [2.05, 4.69) is 15.2 Å². The van der Waals surface area contributed by atoms with Crippen LogP contribution in [0.5, 0.6) is 0 Å². The van der Waals surface area contributed by atoms with Crippen molar-refractivity contribution >= 4 is 17.4 Å². The summed E-state index contributed by atoms with van der Waals surface area (Å²) >= 11 is 5.65. The van der Waals surface area contributed by atoms with E-state index in [1.54, 1.807) is 0 Å². The van der Waals surface area contributed by atoms with Gasteiger partial charge in [0, 0.05) is 6.42 Å². The smallest absolute Gasteiger partial charge is 0.358 e. The second kappa shape index (κ2) is 4.50. The van der Waals surface area contributed by atoms with Crippen molar-refractivity contribution in [3.8, 4) is 0 Å². The lowest BCUT2D eigenvalue weighted by atomic mass is 10.5. The van der Waals surface area contributed by atoms with Crippen molar-refractivity contribution in [1.29, 1.82) is 0 Å². The van der Waals surface area contributed by atoms with Gasteiger partial charge in [0.05, 0.1) is 11.3 Å². The molecule has 2 heterocycles. The Balaban J connectivity index is 2.18. The average Bonchev–Trinajstić information content (AvgIpc) is 2.85. The van der Waals surface area contributed by atoms with Crippen LogP contribution in [0.15, 0.2) is 10.7 Å². The number of nitrogens with zero attached hydrogens (tertiary/aromatic N) is 5. The minimum absolute atomic E-state index is 0.0229. The molecule has 0 unspecified atom stereocenters. The molecule has 0 fully saturated rings. The highest BCUT2D eigenvalue weighted by molar-refractivity contribution is 6.32. The van der Waals surface area contributed by atoms with Crippen LogP contribution in [0.25, 0.3) is 0 Å². The lowest BCUT2D eigenvalue weighted by Crippen LogP contribution is -2.01. The van der Waals surface area contributed by atoms with Crippen LogP contribution >= 0.6 is 11.6 Å². The maximum Gasteiger partial charge on any atom is 0.408 e. The molecule has 0 saturated heterocycles. The molecule has 0 aliphatic heterocycles. The highest BCUT2D eigenvalue weighted by Crippen LogP contribution is 2.21. The van der Waals surface area contributed by atoms with Gasteiger partial charge in [0.25, 0.3) is 0 Å². The van der Waals surface area contributed by atoms with E-state index in [1.165, 1.54) is 10.9 Å². The molecule has 0 spiro atoms. The average molecular weight is 258 g/mol. The summed E-state index contributed by atoms with van der Waals surface area (Å²) in [6.45, 7) is 2.05. The van der Waals surface area contributed by atoms with E-state index in [0.29, 0.717) is 18.1 Å². The standard InChI is InChI=1S/C8H8ClN5O3/c1-2-6-10-7(17-12-6)4-13-3-5(9)8(11-13)14(15)16/h3H,2,4H2,1H3. The number of hydrogen-bond acceptors (Lipinski definition) is 6. The zero-order chi connectivity index (χ0) is 12.4. The Bertz CT molecular complexity index is 549. The highest BCUT2D eigenvalue weighted by atomic mass is 35.5. The van der Waals surface area contributed by atoms with Gasteiger partial charge in [0.15, 0.2) is 10.8 Å². The van der Waals surface area contributed by atoms with Gasteiger partial charge in [-0.3, -0.25) is 0 Å². The van der Waals surface area contributed by atoms with Crippen molar-refractivity contribution in [2.45, 2.75) is 19.9 Å². The molecule has 0 aliphatic carbocycles. The minimum atomic E-state index is -0.649. The Kier molecular flexibility index (Phi) is 3.05. The van der Waals surface area contributed by atoms with Crippen molar-refractivity contribution in [3.63, 3.8) is 0 Å². The van der Waals surface area contributed by atoms with Crippen LogP contribution in [-0.4, -0.2) is 24.8 Å². The summed E-state index contributed by atoms with van der Waals surface area (Å²) < 4.78 is 6.22. The van der Waals surface area contributed by atoms with Gasteiger partial charge in [-0.2, -0.15) is 9.67 Å². The molecule has 0 aliphatic rings. The topological polar surface area (TPSA) is 99.9 Å². The third-order valence-electron chi connectivity index (χ3n) is 2.00. The van der Waals surface area contributed by atoms with Crippen LogP contribution in [0.1, 0.15) is 18.6 Å². The molecule has 0 amide bonds. The molecule has 0 bridgehead atoms. The predicted molar refractivity (Wildman–Crippen MR) is 56.7 cm³/mol. The second-order valence-electron chi connectivity index (χ2n) is 3.21. The third-order valence-corrected chi connectivity index (χ3v) is 2.26. The monoisotopic (exact) mass is 257 g/mol. The Labute approximate surface area is 100 Å². The van der Waals surface area contributed by atoms with E-state index in [0.717, 1.165) is 0 Å². The molecule has 0 aromatic carbocycles. The van der Waals surface area contributed by atoms with E-state index >= 15 is 0 Å². The third kappa shape index (κ3) is 2.41. The first-order valence-electron chi connectivity index (χ1n) is 4.79. The molecule has 0 saturated carbocycles. The highest BCUT2D eigenvalue weighted by Gasteiger charge is 2.20. The van der Waals surface area contributed by atoms with Crippen molar-refractivity contribution in [1.82, 2.24) is 19.9 Å². The zero-order valence-electron chi connectivity index (χ0n) is 8.83. The lowest BCUT2D eigenvalue weighted by Gasteiger charge is -1.88. The summed E-state index contributed by atoms with van der Waals surface area (Å²) in [5.74, 6) is 0.519. The SMILES string of the molecule is CCc1noc(Cn2cc(Cl)c([N+](=O)[O-])n2)n1. The fourth-order valence-corrected chi connectivity index (χ4v) is 1.45. The Hall–Kier alpha value is -1.96. The maximum atomic E-state index is 10.5. The zero-order valence-corrected chi connectivity index (χ0v) is 9.59. The summed E-state index contributed by atoms with van der Waals surface area (Å²) in [6, 6.07) is 0. The fraction of sp³-hybridized carbons (Fsp3) is 0.375. The Morgan fingerprint density at radius 1 is 1.65 bits per heavy atom. The summed E-state index contributed by atoms with van der Waals surface area (Å²) in [6.07, 6.45) is 2.00. The molecule has 8 nitrogen and oxygen atoms in total. The largest absolute Gasteiger partial charge is 0.408 e. The molecule has 17 heavy (non-hydrogen) atoms. The number of rotatable bonds is 4. The van der Waals surface area contributed by atoms with Gasteiger partial charge in [-0.1, -0.05) is 23.7 Å². The van der Waals surface area contributed by atoms with Gasteiger partial charge in [-0.05, 0) is 4.92 Å². The van der Waals surface area contributed by atoms with Crippen molar-refractivity contribution in [2.24, 2.45) is 0 Å². The van der Waals surface area contributed by atoms with Gasteiger partial charge in [-0.15, -0.1) is 0 Å².